The van der Waals surface area contributed by atoms with Gasteiger partial charge in [0.1, 0.15) is 0 Å². The molecule has 5 heteroatoms. The molecular weight excluding hydrogens is 172 g/mol. The highest BCUT2D eigenvalue weighted by Gasteiger charge is 2.28. The Morgan fingerprint density at radius 1 is 1.62 bits per heavy atom. The van der Waals surface area contributed by atoms with Crippen LogP contribution < -0.4 is 10.6 Å². The van der Waals surface area contributed by atoms with Gasteiger partial charge in [-0.05, 0) is 6.92 Å². The molecule has 0 bridgehead atoms. The fourth-order valence-electron chi connectivity index (χ4n) is 1.37. The number of rotatable bonds is 3. The Morgan fingerprint density at radius 2 is 2.38 bits per heavy atom. The Labute approximate surface area is 77.8 Å². The lowest BCUT2D eigenvalue weighted by Gasteiger charge is -2.17. The van der Waals surface area contributed by atoms with Crippen LogP contribution in [0.3, 0.4) is 0 Å². The fraction of sp³-hybridized carbons (Fsp3) is 0.875. The maximum atomic E-state index is 11.0. The molecule has 2 N–H and O–H groups in total. The predicted molar refractivity (Wildman–Crippen MR) is 47.6 cm³/mol. The molecule has 1 amide bonds. The van der Waals surface area contributed by atoms with E-state index in [4.69, 9.17) is 9.47 Å². The minimum Gasteiger partial charge on any atom is -0.450 e. The zero-order valence-corrected chi connectivity index (χ0v) is 8.00. The Hall–Kier alpha value is -0.810. The van der Waals surface area contributed by atoms with E-state index in [0.29, 0.717) is 6.61 Å². The molecule has 1 saturated heterocycles. The van der Waals surface area contributed by atoms with Crippen LogP contribution in [0.4, 0.5) is 4.79 Å². The number of carbonyl (C=O) groups excluding carboxylic acids is 1. The number of hydrogen-bond acceptors (Lipinski definition) is 4. The second-order valence-corrected chi connectivity index (χ2v) is 2.90. The molecule has 1 aliphatic rings. The number of carbonyl (C=O) groups is 1. The standard InChI is InChI=1S/C8H16N2O3/c1-3-13-8(11)10-6-4-9-5-7(6)12-2/h6-7,9H,3-5H2,1-2H3,(H,10,11)/t6-,7-/m0/s1. The first kappa shape index (κ1) is 10.3. The van der Waals surface area contributed by atoms with Crippen molar-refractivity contribution in [1.82, 2.24) is 10.6 Å². The third-order valence-corrected chi connectivity index (χ3v) is 2.04. The average molecular weight is 188 g/mol. The highest BCUT2D eigenvalue weighted by molar-refractivity contribution is 5.67. The van der Waals surface area contributed by atoms with Crippen LogP contribution in [0.2, 0.25) is 0 Å². The van der Waals surface area contributed by atoms with Gasteiger partial charge in [0.15, 0.2) is 0 Å². The maximum absolute atomic E-state index is 11.0. The van der Waals surface area contributed by atoms with E-state index < -0.39 is 0 Å². The lowest BCUT2D eigenvalue weighted by Crippen LogP contribution is -2.43. The van der Waals surface area contributed by atoms with Crippen molar-refractivity contribution in [2.45, 2.75) is 19.1 Å². The number of hydrogen-bond donors (Lipinski definition) is 2. The van der Waals surface area contributed by atoms with Crippen LogP contribution in [0.1, 0.15) is 6.92 Å². The molecule has 0 aromatic carbocycles. The number of nitrogens with one attached hydrogen (secondary N) is 2. The van der Waals surface area contributed by atoms with Crippen LogP contribution >= 0.6 is 0 Å². The van der Waals surface area contributed by atoms with E-state index >= 15 is 0 Å². The minimum atomic E-state index is -0.377. The largest absolute Gasteiger partial charge is 0.450 e. The van der Waals surface area contributed by atoms with Gasteiger partial charge in [0.05, 0.1) is 18.8 Å². The van der Waals surface area contributed by atoms with Gasteiger partial charge in [0.25, 0.3) is 0 Å². The monoisotopic (exact) mass is 188 g/mol. The molecule has 1 heterocycles. The van der Waals surface area contributed by atoms with E-state index in [-0.39, 0.29) is 18.2 Å². The second kappa shape index (κ2) is 5.04. The summed E-state index contributed by atoms with van der Waals surface area (Å²) in [6.45, 7) is 3.68. The lowest BCUT2D eigenvalue weighted by molar-refractivity contribution is 0.0887. The summed E-state index contributed by atoms with van der Waals surface area (Å²) in [5, 5.41) is 5.86. The van der Waals surface area contributed by atoms with E-state index in [9.17, 15) is 4.79 Å². The molecule has 0 aromatic rings. The summed E-state index contributed by atoms with van der Waals surface area (Å²) < 4.78 is 9.93. The summed E-state index contributed by atoms with van der Waals surface area (Å²) >= 11 is 0. The first-order chi connectivity index (χ1) is 6.27. The van der Waals surface area contributed by atoms with Gasteiger partial charge in [-0.3, -0.25) is 0 Å². The van der Waals surface area contributed by atoms with Crippen LogP contribution in [0.15, 0.2) is 0 Å². The van der Waals surface area contributed by atoms with Crippen molar-refractivity contribution in [3.63, 3.8) is 0 Å². The SMILES string of the molecule is CCOC(=O)N[C@H]1CNC[C@@H]1OC. The van der Waals surface area contributed by atoms with Gasteiger partial charge in [-0.15, -0.1) is 0 Å². The van der Waals surface area contributed by atoms with Gasteiger partial charge < -0.3 is 20.1 Å². The van der Waals surface area contributed by atoms with Gasteiger partial charge >= 0.3 is 6.09 Å². The topological polar surface area (TPSA) is 59.6 Å². The number of methoxy groups -OCH3 is 1. The third-order valence-electron chi connectivity index (χ3n) is 2.04. The smallest absolute Gasteiger partial charge is 0.407 e. The van der Waals surface area contributed by atoms with E-state index in [1.807, 2.05) is 0 Å². The molecule has 1 aliphatic heterocycles. The lowest BCUT2D eigenvalue weighted by atomic mass is 10.2. The zero-order valence-electron chi connectivity index (χ0n) is 8.00. The van der Waals surface area contributed by atoms with Crippen molar-refractivity contribution in [2.75, 3.05) is 26.8 Å². The van der Waals surface area contributed by atoms with Crippen molar-refractivity contribution in [1.29, 1.82) is 0 Å². The molecule has 5 nitrogen and oxygen atoms in total. The molecule has 0 unspecified atom stereocenters. The van der Waals surface area contributed by atoms with Crippen LogP contribution in [-0.2, 0) is 9.47 Å². The molecule has 0 radical (unpaired) electrons. The molecule has 2 atom stereocenters. The van der Waals surface area contributed by atoms with Gasteiger partial charge in [0, 0.05) is 20.2 Å². The molecular formula is C8H16N2O3. The normalized spacial score (nSPS) is 27.2. The third kappa shape index (κ3) is 2.86. The first-order valence-electron chi connectivity index (χ1n) is 4.44. The summed E-state index contributed by atoms with van der Waals surface area (Å²) in [5.41, 5.74) is 0. The summed E-state index contributed by atoms with van der Waals surface area (Å²) in [7, 11) is 1.64. The zero-order chi connectivity index (χ0) is 9.68. The van der Waals surface area contributed by atoms with Crippen LogP contribution in [0, 0.1) is 0 Å². The molecule has 0 spiro atoms. The highest BCUT2D eigenvalue weighted by atomic mass is 16.5. The van der Waals surface area contributed by atoms with Crippen molar-refractivity contribution in [2.24, 2.45) is 0 Å². The van der Waals surface area contributed by atoms with Crippen molar-refractivity contribution >= 4 is 6.09 Å². The van der Waals surface area contributed by atoms with Crippen molar-refractivity contribution < 1.29 is 14.3 Å². The minimum absolute atomic E-state index is 0.0176. The van der Waals surface area contributed by atoms with Crippen LogP contribution in [0.5, 0.6) is 0 Å². The number of amides is 1. The molecule has 1 fully saturated rings. The predicted octanol–water partition coefficient (Wildman–Crippen LogP) is -0.281. The van der Waals surface area contributed by atoms with Crippen LogP contribution in [-0.4, -0.2) is 45.0 Å². The molecule has 13 heavy (non-hydrogen) atoms. The van der Waals surface area contributed by atoms with E-state index in [2.05, 4.69) is 10.6 Å². The second-order valence-electron chi connectivity index (χ2n) is 2.90. The van der Waals surface area contributed by atoms with E-state index in [1.54, 1.807) is 14.0 Å². The Bertz CT molecular complexity index is 175. The number of ether oxygens (including phenoxy) is 2. The summed E-state index contributed by atoms with van der Waals surface area (Å²) in [5.74, 6) is 0. The van der Waals surface area contributed by atoms with Gasteiger partial charge in [0.2, 0.25) is 0 Å². The fourth-order valence-corrected chi connectivity index (χ4v) is 1.37. The molecule has 1 rings (SSSR count). The highest BCUT2D eigenvalue weighted by Crippen LogP contribution is 2.03. The van der Waals surface area contributed by atoms with E-state index in [0.717, 1.165) is 13.1 Å². The van der Waals surface area contributed by atoms with Crippen LogP contribution in [0.25, 0.3) is 0 Å². The van der Waals surface area contributed by atoms with Gasteiger partial charge in [-0.1, -0.05) is 0 Å². The summed E-state index contributed by atoms with van der Waals surface area (Å²) in [6.07, 6.45) is -0.331. The van der Waals surface area contributed by atoms with Crippen molar-refractivity contribution in [3.8, 4) is 0 Å². The number of alkyl carbamates (subject to hydrolysis) is 1. The Kier molecular flexibility index (Phi) is 3.98. The summed E-state index contributed by atoms with van der Waals surface area (Å²) in [6, 6.07) is 0.0176. The average Bonchev–Trinajstić information content (AvgIpc) is 2.52. The van der Waals surface area contributed by atoms with Gasteiger partial charge in [-0.25, -0.2) is 4.79 Å². The maximum Gasteiger partial charge on any atom is 0.407 e. The van der Waals surface area contributed by atoms with E-state index in [1.165, 1.54) is 0 Å². The Balaban J connectivity index is 2.30. The van der Waals surface area contributed by atoms with Crippen molar-refractivity contribution in [3.05, 3.63) is 0 Å². The first-order valence-corrected chi connectivity index (χ1v) is 4.44. The molecule has 0 saturated carbocycles. The quantitative estimate of drug-likeness (QED) is 0.639. The Morgan fingerprint density at radius 3 is 3.00 bits per heavy atom. The molecule has 76 valence electrons. The summed E-state index contributed by atoms with van der Waals surface area (Å²) in [4.78, 5) is 11.0. The molecule has 0 aliphatic carbocycles. The van der Waals surface area contributed by atoms with Gasteiger partial charge in [-0.2, -0.15) is 0 Å². The molecule has 0 aromatic heterocycles.